The summed E-state index contributed by atoms with van der Waals surface area (Å²) in [6.45, 7) is 0.702. The van der Waals surface area contributed by atoms with Crippen molar-refractivity contribution < 1.29 is 19.2 Å². The molecule has 2 atom stereocenters. The van der Waals surface area contributed by atoms with Crippen molar-refractivity contribution in [1.82, 2.24) is 20.1 Å². The Bertz CT molecular complexity index is 927. The predicted molar refractivity (Wildman–Crippen MR) is 135 cm³/mol. The fourth-order valence-corrected chi connectivity index (χ4v) is 5.98. The summed E-state index contributed by atoms with van der Waals surface area (Å²) in [7, 11) is 0. The Morgan fingerprint density at radius 3 is 2.33 bits per heavy atom. The highest BCUT2D eigenvalue weighted by atomic mass is 16.2. The van der Waals surface area contributed by atoms with Crippen molar-refractivity contribution >= 4 is 23.6 Å². The van der Waals surface area contributed by atoms with E-state index in [1.54, 1.807) is 28.1 Å². The van der Waals surface area contributed by atoms with Gasteiger partial charge >= 0.3 is 0 Å². The first-order valence-corrected chi connectivity index (χ1v) is 13.5. The molecule has 1 aliphatic heterocycles. The topological polar surface area (TPSA) is 126 Å². The van der Waals surface area contributed by atoms with Crippen LogP contribution in [0.15, 0.2) is 24.5 Å². The quantitative estimate of drug-likeness (QED) is 0.598. The van der Waals surface area contributed by atoms with Crippen molar-refractivity contribution in [3.8, 4) is 0 Å². The molecule has 2 unspecified atom stereocenters. The lowest BCUT2D eigenvalue weighted by Crippen LogP contribution is -2.64. The molecule has 0 spiro atoms. The molecule has 1 aromatic heterocycles. The number of primary amides is 1. The maximum atomic E-state index is 13.6. The van der Waals surface area contributed by atoms with Gasteiger partial charge in [0.25, 0.3) is 5.91 Å². The summed E-state index contributed by atoms with van der Waals surface area (Å²) in [5, 5.41) is 2.86. The number of nitrogens with two attached hydrogens (primary N) is 1. The van der Waals surface area contributed by atoms with Crippen LogP contribution in [0.2, 0.25) is 0 Å². The minimum Gasteiger partial charge on any atom is -0.368 e. The molecule has 3 fully saturated rings. The van der Waals surface area contributed by atoms with Crippen molar-refractivity contribution in [3.63, 3.8) is 0 Å². The number of carbonyl (C=O) groups excluding carboxylic acids is 4. The standard InChI is InChI=1S/C27H39N5O4/c28-24(33)22(16-19-8-3-1-4-9-19)30-25(34)23-18-31(26(35)21-12-7-13-29-17-21)14-15-32(23)27(36)20-10-5-2-6-11-20/h7,12-13,17,19-20,22-23H,1-6,8-11,14-16,18H2,(H2,28,33)(H,30,34). The molecule has 4 amide bonds. The maximum Gasteiger partial charge on any atom is 0.255 e. The lowest BCUT2D eigenvalue weighted by Gasteiger charge is -2.42. The summed E-state index contributed by atoms with van der Waals surface area (Å²) in [6.07, 6.45) is 13.9. The molecule has 0 bridgehead atoms. The zero-order valence-corrected chi connectivity index (χ0v) is 21.1. The second-order valence-electron chi connectivity index (χ2n) is 10.6. The van der Waals surface area contributed by atoms with E-state index in [9.17, 15) is 19.2 Å². The number of hydrogen-bond donors (Lipinski definition) is 2. The number of nitrogens with zero attached hydrogens (tertiary/aromatic N) is 3. The second kappa shape index (κ2) is 12.3. The molecule has 1 aromatic rings. The molecule has 196 valence electrons. The molecule has 9 nitrogen and oxygen atoms in total. The summed E-state index contributed by atoms with van der Waals surface area (Å²) in [6, 6.07) is 1.75. The molecular weight excluding hydrogens is 458 g/mol. The summed E-state index contributed by atoms with van der Waals surface area (Å²) < 4.78 is 0. The second-order valence-corrected chi connectivity index (χ2v) is 10.6. The highest BCUT2D eigenvalue weighted by Gasteiger charge is 2.40. The van der Waals surface area contributed by atoms with Crippen molar-refractivity contribution in [2.24, 2.45) is 17.6 Å². The number of carbonyl (C=O) groups is 4. The Morgan fingerprint density at radius 2 is 1.69 bits per heavy atom. The van der Waals surface area contributed by atoms with Crippen LogP contribution in [-0.4, -0.2) is 70.1 Å². The van der Waals surface area contributed by atoms with Gasteiger partial charge in [0, 0.05) is 31.4 Å². The first-order chi connectivity index (χ1) is 17.4. The molecular formula is C27H39N5O4. The summed E-state index contributed by atoms with van der Waals surface area (Å²) >= 11 is 0. The molecule has 2 heterocycles. The molecule has 3 aliphatic rings. The fourth-order valence-electron chi connectivity index (χ4n) is 5.98. The van der Waals surface area contributed by atoms with Crippen LogP contribution in [0.4, 0.5) is 0 Å². The molecule has 0 radical (unpaired) electrons. The number of pyridine rings is 1. The van der Waals surface area contributed by atoms with Crippen LogP contribution in [0.3, 0.4) is 0 Å². The Morgan fingerprint density at radius 1 is 1.00 bits per heavy atom. The number of nitrogens with one attached hydrogen (secondary N) is 1. The van der Waals surface area contributed by atoms with Crippen molar-refractivity contribution in [1.29, 1.82) is 0 Å². The van der Waals surface area contributed by atoms with Crippen molar-refractivity contribution in [2.75, 3.05) is 19.6 Å². The summed E-state index contributed by atoms with van der Waals surface area (Å²) in [5.74, 6) is -0.957. The zero-order valence-electron chi connectivity index (χ0n) is 21.1. The first-order valence-electron chi connectivity index (χ1n) is 13.5. The van der Waals surface area contributed by atoms with Gasteiger partial charge in [-0.25, -0.2) is 0 Å². The number of aromatic nitrogens is 1. The van der Waals surface area contributed by atoms with Gasteiger partial charge in [-0.05, 0) is 37.3 Å². The van der Waals surface area contributed by atoms with E-state index in [-0.39, 0.29) is 30.8 Å². The van der Waals surface area contributed by atoms with Gasteiger partial charge in [0.15, 0.2) is 0 Å². The van der Waals surface area contributed by atoms with Gasteiger partial charge in [-0.3, -0.25) is 24.2 Å². The predicted octanol–water partition coefficient (Wildman–Crippen LogP) is 2.26. The Labute approximate surface area is 213 Å². The van der Waals surface area contributed by atoms with Gasteiger partial charge in [0.1, 0.15) is 12.1 Å². The SMILES string of the molecule is NC(=O)C(CC1CCCCC1)NC(=O)C1CN(C(=O)c2cccnc2)CCN1C(=O)C1CCCCC1. The normalized spacial score (nSPS) is 22.6. The average molecular weight is 498 g/mol. The Hall–Kier alpha value is -2.97. The smallest absolute Gasteiger partial charge is 0.255 e. The van der Waals surface area contributed by atoms with Gasteiger partial charge in [0.05, 0.1) is 12.1 Å². The van der Waals surface area contributed by atoms with E-state index in [1.807, 2.05) is 0 Å². The number of rotatable bonds is 7. The fraction of sp³-hybridized carbons (Fsp3) is 0.667. The zero-order chi connectivity index (χ0) is 25.5. The van der Waals surface area contributed by atoms with E-state index in [0.717, 1.165) is 57.8 Å². The van der Waals surface area contributed by atoms with E-state index in [1.165, 1.54) is 12.6 Å². The minimum atomic E-state index is -0.859. The summed E-state index contributed by atoms with van der Waals surface area (Å²) in [5.41, 5.74) is 6.13. The van der Waals surface area contributed by atoms with Crippen LogP contribution in [0.25, 0.3) is 0 Å². The largest absolute Gasteiger partial charge is 0.368 e. The molecule has 2 aliphatic carbocycles. The highest BCUT2D eigenvalue weighted by molar-refractivity contribution is 5.96. The molecule has 2 saturated carbocycles. The maximum absolute atomic E-state index is 13.6. The van der Waals surface area contributed by atoms with Crippen LogP contribution < -0.4 is 11.1 Å². The first kappa shape index (κ1) is 26.1. The Kier molecular flexibility index (Phi) is 8.93. The number of piperazine rings is 1. The van der Waals surface area contributed by atoms with Gasteiger partial charge in [-0.1, -0.05) is 51.4 Å². The highest BCUT2D eigenvalue weighted by Crippen LogP contribution is 2.29. The molecule has 36 heavy (non-hydrogen) atoms. The third kappa shape index (κ3) is 6.42. The third-order valence-corrected chi connectivity index (χ3v) is 8.07. The lowest BCUT2D eigenvalue weighted by atomic mass is 9.84. The van der Waals surface area contributed by atoms with Crippen LogP contribution in [0.1, 0.15) is 81.0 Å². The van der Waals surface area contributed by atoms with Crippen LogP contribution in [0.5, 0.6) is 0 Å². The number of hydrogen-bond acceptors (Lipinski definition) is 5. The third-order valence-electron chi connectivity index (χ3n) is 8.07. The van der Waals surface area contributed by atoms with Crippen molar-refractivity contribution in [3.05, 3.63) is 30.1 Å². The van der Waals surface area contributed by atoms with Crippen LogP contribution in [0, 0.1) is 11.8 Å². The van der Waals surface area contributed by atoms with Gasteiger partial charge < -0.3 is 20.9 Å². The van der Waals surface area contributed by atoms with Gasteiger partial charge in [0.2, 0.25) is 17.7 Å². The van der Waals surface area contributed by atoms with E-state index < -0.39 is 23.9 Å². The average Bonchev–Trinajstić information content (AvgIpc) is 2.93. The van der Waals surface area contributed by atoms with Gasteiger partial charge in [-0.15, -0.1) is 0 Å². The van der Waals surface area contributed by atoms with Crippen LogP contribution in [-0.2, 0) is 14.4 Å². The van der Waals surface area contributed by atoms with E-state index in [4.69, 9.17) is 5.73 Å². The molecule has 3 N–H and O–H groups in total. The van der Waals surface area contributed by atoms with Crippen LogP contribution >= 0.6 is 0 Å². The summed E-state index contributed by atoms with van der Waals surface area (Å²) in [4.78, 5) is 59.7. The lowest BCUT2D eigenvalue weighted by molar-refractivity contribution is -0.147. The Balaban J connectivity index is 1.50. The molecule has 1 saturated heterocycles. The monoisotopic (exact) mass is 497 g/mol. The molecule has 4 rings (SSSR count). The van der Waals surface area contributed by atoms with Crippen molar-refractivity contribution in [2.45, 2.75) is 82.7 Å². The molecule has 0 aromatic carbocycles. The van der Waals surface area contributed by atoms with E-state index in [2.05, 4.69) is 10.3 Å². The van der Waals surface area contributed by atoms with Gasteiger partial charge in [-0.2, -0.15) is 0 Å². The minimum absolute atomic E-state index is 0.0220. The number of amides is 4. The van der Waals surface area contributed by atoms with E-state index >= 15 is 0 Å². The van der Waals surface area contributed by atoms with E-state index in [0.29, 0.717) is 24.4 Å². The molecule has 9 heteroatoms.